The topological polar surface area (TPSA) is 21.7 Å². The maximum Gasteiger partial charge on any atom is 0.127 e. The van der Waals surface area contributed by atoms with Gasteiger partial charge in [0, 0.05) is 13.1 Å². The summed E-state index contributed by atoms with van der Waals surface area (Å²) in [7, 11) is 0. The molecule has 0 saturated carbocycles. The van der Waals surface area contributed by atoms with Crippen molar-refractivity contribution in [1.29, 1.82) is 0 Å². The molecule has 1 fully saturated rings. The zero-order valence-corrected chi connectivity index (χ0v) is 14.1. The van der Waals surface area contributed by atoms with E-state index >= 15 is 0 Å². The predicted octanol–water partition coefficient (Wildman–Crippen LogP) is 4.44. The lowest BCUT2D eigenvalue weighted by atomic mass is 9.97. The highest BCUT2D eigenvalue weighted by Gasteiger charge is 2.12. The van der Waals surface area contributed by atoms with Crippen LogP contribution in [-0.2, 0) is 4.74 Å². The van der Waals surface area contributed by atoms with Crippen molar-refractivity contribution < 1.29 is 13.9 Å². The molecular formula is C20H24FNO2. The molecule has 3 rings (SSSR count). The van der Waals surface area contributed by atoms with Crippen LogP contribution in [0, 0.1) is 5.82 Å². The third-order valence-electron chi connectivity index (χ3n) is 4.48. The number of morpholine rings is 1. The monoisotopic (exact) mass is 329 g/mol. The Kier molecular flexibility index (Phi) is 5.83. The first kappa shape index (κ1) is 16.9. The molecule has 1 atom stereocenters. The Hall–Kier alpha value is -1.91. The van der Waals surface area contributed by atoms with Crippen LogP contribution in [0.2, 0.25) is 0 Å². The van der Waals surface area contributed by atoms with Crippen molar-refractivity contribution in [2.24, 2.45) is 0 Å². The molecule has 0 spiro atoms. The summed E-state index contributed by atoms with van der Waals surface area (Å²) in [5, 5.41) is 0. The van der Waals surface area contributed by atoms with E-state index in [9.17, 15) is 4.39 Å². The van der Waals surface area contributed by atoms with Crippen LogP contribution >= 0.6 is 0 Å². The highest BCUT2D eigenvalue weighted by atomic mass is 19.1. The van der Waals surface area contributed by atoms with E-state index in [2.05, 4.69) is 24.0 Å². The van der Waals surface area contributed by atoms with Gasteiger partial charge in [-0.15, -0.1) is 0 Å². The van der Waals surface area contributed by atoms with Crippen molar-refractivity contribution in [2.75, 3.05) is 32.8 Å². The summed E-state index contributed by atoms with van der Waals surface area (Å²) in [5.74, 6) is 1.66. The molecule has 128 valence electrons. The Bertz CT molecular complexity index is 621. The lowest BCUT2D eigenvalue weighted by molar-refractivity contribution is 0.0367. The van der Waals surface area contributed by atoms with Gasteiger partial charge in [0.2, 0.25) is 0 Å². The van der Waals surface area contributed by atoms with Crippen LogP contribution in [0.5, 0.6) is 11.5 Å². The maximum absolute atomic E-state index is 12.9. The van der Waals surface area contributed by atoms with Crippen molar-refractivity contribution in [3.8, 4) is 11.5 Å². The molecule has 0 aliphatic carbocycles. The molecule has 2 aromatic carbocycles. The van der Waals surface area contributed by atoms with Crippen LogP contribution < -0.4 is 4.74 Å². The molecule has 0 aromatic heterocycles. The number of hydrogen-bond donors (Lipinski definition) is 0. The van der Waals surface area contributed by atoms with Crippen LogP contribution in [0.4, 0.5) is 4.39 Å². The van der Waals surface area contributed by atoms with Gasteiger partial charge < -0.3 is 9.47 Å². The Morgan fingerprint density at radius 1 is 1.00 bits per heavy atom. The molecular weight excluding hydrogens is 305 g/mol. The molecule has 3 nitrogen and oxygen atoms in total. The first-order valence-corrected chi connectivity index (χ1v) is 8.54. The largest absolute Gasteiger partial charge is 0.457 e. The molecule has 1 aliphatic rings. The second-order valence-corrected chi connectivity index (χ2v) is 6.27. The zero-order chi connectivity index (χ0) is 16.8. The first-order valence-electron chi connectivity index (χ1n) is 8.54. The van der Waals surface area contributed by atoms with Gasteiger partial charge in [-0.1, -0.05) is 19.1 Å². The lowest BCUT2D eigenvalue weighted by Crippen LogP contribution is -2.37. The lowest BCUT2D eigenvalue weighted by Gasteiger charge is -2.27. The molecule has 1 saturated heterocycles. The number of hydrogen-bond acceptors (Lipinski definition) is 3. The predicted molar refractivity (Wildman–Crippen MR) is 93.2 cm³/mol. The van der Waals surface area contributed by atoms with Gasteiger partial charge >= 0.3 is 0 Å². The second kappa shape index (κ2) is 8.27. The summed E-state index contributed by atoms with van der Waals surface area (Å²) in [4.78, 5) is 2.46. The molecule has 1 unspecified atom stereocenters. The molecule has 0 radical (unpaired) electrons. The van der Waals surface area contributed by atoms with E-state index in [0.717, 1.165) is 45.0 Å². The van der Waals surface area contributed by atoms with Crippen molar-refractivity contribution in [3.63, 3.8) is 0 Å². The number of rotatable bonds is 6. The van der Waals surface area contributed by atoms with E-state index in [1.54, 1.807) is 12.1 Å². The minimum atomic E-state index is -0.258. The average Bonchev–Trinajstić information content (AvgIpc) is 2.63. The van der Waals surface area contributed by atoms with Gasteiger partial charge in [-0.05, 0) is 60.8 Å². The summed E-state index contributed by atoms with van der Waals surface area (Å²) in [6.07, 6.45) is 1.14. The fourth-order valence-corrected chi connectivity index (χ4v) is 2.87. The van der Waals surface area contributed by atoms with Gasteiger partial charge in [0.25, 0.3) is 0 Å². The number of ether oxygens (including phenoxy) is 2. The highest BCUT2D eigenvalue weighted by molar-refractivity contribution is 5.34. The Balaban J connectivity index is 1.52. The number of nitrogens with zero attached hydrogens (tertiary/aromatic N) is 1. The molecule has 2 aromatic rings. The smallest absolute Gasteiger partial charge is 0.127 e. The van der Waals surface area contributed by atoms with Crippen molar-refractivity contribution >= 4 is 0 Å². The molecule has 0 bridgehead atoms. The first-order chi connectivity index (χ1) is 11.7. The van der Waals surface area contributed by atoms with E-state index in [1.165, 1.54) is 17.7 Å². The Labute approximate surface area is 143 Å². The third-order valence-corrected chi connectivity index (χ3v) is 4.48. The minimum Gasteiger partial charge on any atom is -0.457 e. The van der Waals surface area contributed by atoms with Crippen LogP contribution in [0.25, 0.3) is 0 Å². The standard InChI is InChI=1S/C20H24FNO2/c1-16(10-11-22-12-14-23-15-13-22)17-2-6-19(7-3-17)24-20-8-4-18(21)5-9-20/h2-9,16H,10-15H2,1H3. The van der Waals surface area contributed by atoms with Crippen molar-refractivity contribution in [2.45, 2.75) is 19.3 Å². The highest BCUT2D eigenvalue weighted by Crippen LogP contribution is 2.25. The van der Waals surface area contributed by atoms with E-state index in [4.69, 9.17) is 9.47 Å². The SMILES string of the molecule is CC(CCN1CCOCC1)c1ccc(Oc2ccc(F)cc2)cc1. The fourth-order valence-electron chi connectivity index (χ4n) is 2.87. The van der Waals surface area contributed by atoms with Crippen LogP contribution in [0.15, 0.2) is 48.5 Å². The summed E-state index contributed by atoms with van der Waals surface area (Å²) in [6, 6.07) is 14.2. The summed E-state index contributed by atoms with van der Waals surface area (Å²) < 4.78 is 24.0. The summed E-state index contributed by atoms with van der Waals surface area (Å²) >= 11 is 0. The van der Waals surface area contributed by atoms with Gasteiger partial charge in [0.05, 0.1) is 13.2 Å². The van der Waals surface area contributed by atoms with Gasteiger partial charge in [0.1, 0.15) is 17.3 Å². The molecule has 1 aliphatic heterocycles. The quantitative estimate of drug-likeness (QED) is 0.782. The van der Waals surface area contributed by atoms with Crippen LogP contribution in [0.3, 0.4) is 0 Å². The van der Waals surface area contributed by atoms with E-state index < -0.39 is 0 Å². The molecule has 0 amide bonds. The van der Waals surface area contributed by atoms with E-state index in [-0.39, 0.29) is 5.82 Å². The summed E-state index contributed by atoms with van der Waals surface area (Å²) in [6.45, 7) is 7.15. The fraction of sp³-hybridized carbons (Fsp3) is 0.400. The van der Waals surface area contributed by atoms with Gasteiger partial charge in [-0.3, -0.25) is 4.90 Å². The third kappa shape index (κ3) is 4.79. The van der Waals surface area contributed by atoms with E-state index in [1.807, 2.05) is 12.1 Å². The van der Waals surface area contributed by atoms with Gasteiger partial charge in [-0.25, -0.2) is 4.39 Å². The number of halogens is 1. The van der Waals surface area contributed by atoms with Crippen LogP contribution in [-0.4, -0.2) is 37.7 Å². The molecule has 4 heteroatoms. The maximum atomic E-state index is 12.9. The Morgan fingerprint density at radius 3 is 2.21 bits per heavy atom. The Morgan fingerprint density at radius 2 is 1.58 bits per heavy atom. The summed E-state index contributed by atoms with van der Waals surface area (Å²) in [5.41, 5.74) is 1.31. The average molecular weight is 329 g/mol. The minimum absolute atomic E-state index is 0.258. The van der Waals surface area contributed by atoms with E-state index in [0.29, 0.717) is 11.7 Å². The molecule has 0 N–H and O–H groups in total. The molecule has 1 heterocycles. The zero-order valence-electron chi connectivity index (χ0n) is 14.1. The molecule has 24 heavy (non-hydrogen) atoms. The van der Waals surface area contributed by atoms with Crippen molar-refractivity contribution in [1.82, 2.24) is 4.90 Å². The number of benzene rings is 2. The van der Waals surface area contributed by atoms with Crippen molar-refractivity contribution in [3.05, 3.63) is 59.9 Å². The van der Waals surface area contributed by atoms with Gasteiger partial charge in [-0.2, -0.15) is 0 Å². The normalized spacial score (nSPS) is 16.8. The van der Waals surface area contributed by atoms with Crippen LogP contribution in [0.1, 0.15) is 24.8 Å². The van der Waals surface area contributed by atoms with Gasteiger partial charge in [0.15, 0.2) is 0 Å². The second-order valence-electron chi connectivity index (χ2n) is 6.27.